The maximum atomic E-state index is 14.8. The van der Waals surface area contributed by atoms with E-state index in [9.17, 15) is 32.0 Å². The SMILES string of the molecule is CC(C)Oc1ccc(-c2nc(O[C@@H]3C[C@H]4C(=O)N[C@]5(C(=O)NS(=O)(=O)C6CC6)C[C@H]5/C=C\CCCCC[C@H](NC(=O)OC5CCCC5)C(=O)N4C3)c3oc4ccc(F)cc4c3n2)cc1. The highest BCUT2D eigenvalue weighted by molar-refractivity contribution is 7.91. The van der Waals surface area contributed by atoms with Crippen LogP contribution >= 0.6 is 0 Å². The average molecular weight is 901 g/mol. The number of carbonyl (C=O) groups is 4. The molecule has 4 heterocycles. The number of alkyl carbamates (subject to hydrolysis) is 1. The fraction of sp³-hybridized carbons (Fsp3) is 0.522. The zero-order chi connectivity index (χ0) is 44.8. The van der Waals surface area contributed by atoms with Crippen molar-refractivity contribution < 1.29 is 50.6 Å². The van der Waals surface area contributed by atoms with Gasteiger partial charge < -0.3 is 34.2 Å². The Morgan fingerprint density at radius 2 is 1.73 bits per heavy atom. The first-order valence-electron chi connectivity index (χ1n) is 22.4. The van der Waals surface area contributed by atoms with E-state index < -0.39 is 74.5 Å². The maximum Gasteiger partial charge on any atom is 0.408 e. The summed E-state index contributed by atoms with van der Waals surface area (Å²) in [5.74, 6) is -2.17. The summed E-state index contributed by atoms with van der Waals surface area (Å²) >= 11 is 0. The summed E-state index contributed by atoms with van der Waals surface area (Å²) < 4.78 is 67.2. The molecule has 3 saturated carbocycles. The van der Waals surface area contributed by atoms with Crippen molar-refractivity contribution in [2.45, 2.75) is 139 Å². The van der Waals surface area contributed by atoms with E-state index in [-0.39, 0.29) is 60.8 Å². The number of ether oxygens (including phenoxy) is 3. The Labute approximate surface area is 370 Å². The highest BCUT2D eigenvalue weighted by Crippen LogP contribution is 2.46. The molecule has 0 unspecified atom stereocenters. The standard InChI is InChI=1S/C46H53FN6O10S/c1-26(2)60-31-17-14-27(15-18-31)40-49-38-34-22-29(47)16-21-37(34)63-39(38)42(50-40)61-32-23-36-41(54)51-46(44(56)52-64(58,59)33-19-20-33)24-28(46)10-6-4-3-5-7-13-35(43(55)53(36)25-32)48-45(57)62-30-11-8-9-12-30/h6,10,14-18,21-22,26,28,30,32-33,35-36H,3-5,7-9,11-13,19-20,23-25H2,1-2H3,(H,48,57)(H,51,54)(H,52,56)/b10-6-/t28-,32-,35+,36+,46-/m1/s1. The second-order valence-corrected chi connectivity index (χ2v) is 19.9. The lowest BCUT2D eigenvalue weighted by Gasteiger charge is -2.30. The van der Waals surface area contributed by atoms with Crippen molar-refractivity contribution in [3.63, 3.8) is 0 Å². The van der Waals surface area contributed by atoms with Gasteiger partial charge in [-0.2, -0.15) is 4.98 Å². The van der Waals surface area contributed by atoms with E-state index in [0.717, 1.165) is 38.5 Å². The van der Waals surface area contributed by atoms with Crippen LogP contribution in [0.3, 0.4) is 0 Å². The number of benzene rings is 2. The minimum absolute atomic E-state index is 0.0111. The number of aromatic nitrogens is 2. The predicted molar refractivity (Wildman–Crippen MR) is 232 cm³/mol. The zero-order valence-corrected chi connectivity index (χ0v) is 36.7. The molecule has 2 aliphatic heterocycles. The van der Waals surface area contributed by atoms with Crippen LogP contribution in [0.15, 0.2) is 59.0 Å². The number of amides is 4. The second-order valence-electron chi connectivity index (χ2n) is 18.0. The third-order valence-corrected chi connectivity index (χ3v) is 14.5. The molecule has 3 N–H and O–H groups in total. The van der Waals surface area contributed by atoms with Crippen molar-refractivity contribution in [2.75, 3.05) is 6.54 Å². The van der Waals surface area contributed by atoms with Crippen LogP contribution in [0.4, 0.5) is 9.18 Å². The van der Waals surface area contributed by atoms with Crippen molar-refractivity contribution in [3.05, 3.63) is 60.4 Å². The zero-order valence-electron chi connectivity index (χ0n) is 35.8. The lowest BCUT2D eigenvalue weighted by atomic mass is 10.0. The third-order valence-electron chi connectivity index (χ3n) is 12.7. The Morgan fingerprint density at radius 3 is 2.48 bits per heavy atom. The highest BCUT2D eigenvalue weighted by atomic mass is 32.2. The Hall–Kier alpha value is -5.78. The summed E-state index contributed by atoms with van der Waals surface area (Å²) in [5.41, 5.74) is -0.231. The maximum absolute atomic E-state index is 14.8. The van der Waals surface area contributed by atoms with Crippen molar-refractivity contribution in [3.8, 4) is 23.0 Å². The van der Waals surface area contributed by atoms with E-state index in [1.54, 1.807) is 24.3 Å². The number of halogens is 1. The quantitative estimate of drug-likeness (QED) is 0.149. The van der Waals surface area contributed by atoms with Crippen LogP contribution in [-0.2, 0) is 29.1 Å². The van der Waals surface area contributed by atoms with Gasteiger partial charge in [0.15, 0.2) is 5.82 Å². The Morgan fingerprint density at radius 1 is 0.969 bits per heavy atom. The van der Waals surface area contributed by atoms with Crippen molar-refractivity contribution in [2.24, 2.45) is 5.92 Å². The van der Waals surface area contributed by atoms with Crippen molar-refractivity contribution in [1.29, 1.82) is 0 Å². The van der Waals surface area contributed by atoms with E-state index in [2.05, 4.69) is 15.4 Å². The number of nitrogens with one attached hydrogen (secondary N) is 3. The second kappa shape index (κ2) is 17.7. The summed E-state index contributed by atoms with van der Waals surface area (Å²) in [6, 6.07) is 8.92. The number of hydrogen-bond donors (Lipinski definition) is 3. The van der Waals surface area contributed by atoms with Crippen LogP contribution in [0.1, 0.15) is 97.3 Å². The number of sulfonamides is 1. The van der Waals surface area contributed by atoms with Gasteiger partial charge >= 0.3 is 6.09 Å². The first-order valence-corrected chi connectivity index (χ1v) is 24.0. The van der Waals surface area contributed by atoms with Crippen LogP contribution in [0.25, 0.3) is 33.5 Å². The Kier molecular flexibility index (Phi) is 12.0. The summed E-state index contributed by atoms with van der Waals surface area (Å²) in [7, 11) is -3.95. The molecule has 0 spiro atoms. The molecule has 3 aliphatic carbocycles. The van der Waals surface area contributed by atoms with Crippen LogP contribution in [0.2, 0.25) is 0 Å². The Balaban J connectivity index is 1.06. The molecule has 4 amide bonds. The van der Waals surface area contributed by atoms with Gasteiger partial charge in [0.05, 0.1) is 17.9 Å². The average Bonchev–Trinajstić information content (AvgIpc) is 4.07. The van der Waals surface area contributed by atoms with Gasteiger partial charge in [0.25, 0.3) is 11.8 Å². The molecular formula is C46H53FN6O10S. The van der Waals surface area contributed by atoms with E-state index in [1.165, 1.54) is 23.1 Å². The largest absolute Gasteiger partial charge is 0.491 e. The first kappa shape index (κ1) is 43.5. The molecule has 18 heteroatoms. The molecule has 64 heavy (non-hydrogen) atoms. The predicted octanol–water partition coefficient (Wildman–Crippen LogP) is 6.36. The molecule has 4 aromatic rings. The van der Waals surface area contributed by atoms with E-state index >= 15 is 0 Å². The molecule has 340 valence electrons. The number of allylic oxidation sites excluding steroid dienone is 1. The summed E-state index contributed by atoms with van der Waals surface area (Å²) in [6.45, 7) is 3.70. The molecule has 5 atom stereocenters. The lowest BCUT2D eigenvalue weighted by Crippen LogP contribution is -2.58. The number of fused-ring (bicyclic) bond motifs is 5. The van der Waals surface area contributed by atoms with Crippen molar-refractivity contribution in [1.82, 2.24) is 30.2 Å². The molecular weight excluding hydrogens is 848 g/mol. The number of rotatable bonds is 10. The topological polar surface area (TPSA) is 208 Å². The third kappa shape index (κ3) is 9.24. The molecule has 16 nitrogen and oxygen atoms in total. The Bertz CT molecular complexity index is 2590. The van der Waals surface area contributed by atoms with Crippen LogP contribution in [-0.4, -0.2) is 94.8 Å². The number of nitrogens with zero attached hydrogens (tertiary/aromatic N) is 3. The molecule has 9 rings (SSSR count). The number of furan rings is 1. The number of carbonyl (C=O) groups excluding carboxylic acids is 4. The molecule has 2 aromatic heterocycles. The van der Waals surface area contributed by atoms with Crippen LogP contribution in [0.5, 0.6) is 11.6 Å². The smallest absolute Gasteiger partial charge is 0.408 e. The van der Waals surface area contributed by atoms with Gasteiger partial charge in [-0.15, -0.1) is 0 Å². The summed E-state index contributed by atoms with van der Waals surface area (Å²) in [6.07, 6.45) is 9.24. The summed E-state index contributed by atoms with van der Waals surface area (Å²) in [4.78, 5) is 67.6. The summed E-state index contributed by atoms with van der Waals surface area (Å²) in [5, 5.41) is 5.40. The molecule has 1 saturated heterocycles. The molecule has 4 fully saturated rings. The molecule has 2 aromatic carbocycles. The number of hydrogen-bond acceptors (Lipinski definition) is 12. The van der Waals surface area contributed by atoms with Gasteiger partial charge in [0.2, 0.25) is 27.4 Å². The van der Waals surface area contributed by atoms with Crippen LogP contribution < -0.4 is 24.8 Å². The van der Waals surface area contributed by atoms with Crippen molar-refractivity contribution >= 4 is 55.9 Å². The van der Waals surface area contributed by atoms with Gasteiger partial charge in [-0.1, -0.05) is 25.0 Å². The van der Waals surface area contributed by atoms with Gasteiger partial charge in [-0.05, 0) is 121 Å². The lowest BCUT2D eigenvalue weighted by molar-refractivity contribution is -0.141. The molecule has 5 aliphatic rings. The normalized spacial score (nSPS) is 26.1. The van der Waals surface area contributed by atoms with E-state index in [0.29, 0.717) is 48.0 Å². The van der Waals surface area contributed by atoms with Gasteiger partial charge in [0.1, 0.15) is 52.5 Å². The van der Waals surface area contributed by atoms with E-state index in [4.69, 9.17) is 28.6 Å². The highest BCUT2D eigenvalue weighted by Gasteiger charge is 2.62. The van der Waals surface area contributed by atoms with E-state index in [1.807, 2.05) is 26.0 Å². The van der Waals surface area contributed by atoms with Gasteiger partial charge in [0, 0.05) is 23.3 Å². The fourth-order valence-corrected chi connectivity index (χ4v) is 10.5. The fourth-order valence-electron chi connectivity index (χ4n) is 9.09. The molecule has 0 radical (unpaired) electrons. The minimum Gasteiger partial charge on any atom is -0.491 e. The van der Waals surface area contributed by atoms with Crippen LogP contribution in [0, 0.1) is 11.7 Å². The monoisotopic (exact) mass is 900 g/mol. The van der Waals surface area contributed by atoms with Gasteiger partial charge in [-0.25, -0.2) is 22.6 Å². The first-order chi connectivity index (χ1) is 30.8. The minimum atomic E-state index is -3.95. The molecule has 0 bridgehead atoms. The van der Waals surface area contributed by atoms with Gasteiger partial charge in [-0.3, -0.25) is 19.1 Å².